The second-order valence-electron chi connectivity index (χ2n) is 3.65. The minimum Gasteiger partial charge on any atom is -0.379 e. The molecule has 8 heteroatoms. The lowest BCUT2D eigenvalue weighted by Gasteiger charge is -2.05. The van der Waals surface area contributed by atoms with Gasteiger partial charge in [0.1, 0.15) is 5.82 Å². The Hall–Kier alpha value is -0.860. The van der Waals surface area contributed by atoms with Crippen molar-refractivity contribution in [1.29, 1.82) is 0 Å². The van der Waals surface area contributed by atoms with Gasteiger partial charge in [0.15, 0.2) is 5.17 Å². The number of hydrogen-bond acceptors (Lipinski definition) is 4. The maximum atomic E-state index is 12.0. The first-order valence-electron chi connectivity index (χ1n) is 5.24. The fourth-order valence-corrected chi connectivity index (χ4v) is 3.35. The van der Waals surface area contributed by atoms with E-state index in [4.69, 9.17) is 5.73 Å². The van der Waals surface area contributed by atoms with Crippen molar-refractivity contribution in [3.8, 4) is 0 Å². The van der Waals surface area contributed by atoms with Gasteiger partial charge in [0.25, 0.3) is 5.56 Å². The van der Waals surface area contributed by atoms with E-state index in [0.717, 1.165) is 8.95 Å². The van der Waals surface area contributed by atoms with Crippen LogP contribution in [0.2, 0.25) is 0 Å². The normalized spacial score (nSPS) is 12.1. The Morgan fingerprint density at radius 3 is 2.95 bits per heavy atom. The van der Waals surface area contributed by atoms with Crippen LogP contribution in [0, 0.1) is 0 Å². The summed E-state index contributed by atoms with van der Waals surface area (Å²) < 4.78 is 1.59. The zero-order chi connectivity index (χ0) is 14.0. The van der Waals surface area contributed by atoms with Crippen molar-refractivity contribution in [1.82, 2.24) is 9.97 Å². The van der Waals surface area contributed by atoms with E-state index in [2.05, 4.69) is 46.8 Å². The number of nitrogens with two attached hydrogens (primary N) is 1. The number of nitrogens with one attached hydrogen (secondary N) is 1. The van der Waals surface area contributed by atoms with Crippen molar-refractivity contribution in [3.05, 3.63) is 37.3 Å². The summed E-state index contributed by atoms with van der Waals surface area (Å²) in [6.07, 6.45) is 0. The van der Waals surface area contributed by atoms with Crippen LogP contribution >= 0.6 is 43.6 Å². The summed E-state index contributed by atoms with van der Waals surface area (Å²) in [5, 5.41) is 0.991. The van der Waals surface area contributed by atoms with Crippen molar-refractivity contribution in [2.24, 2.45) is 10.7 Å². The average molecular weight is 406 g/mol. The number of amidine groups is 1. The molecule has 2 aromatic rings. The number of fused-ring (bicyclic) bond motifs is 1. The third-order valence-corrected chi connectivity index (χ3v) is 4.31. The van der Waals surface area contributed by atoms with Gasteiger partial charge in [-0.2, -0.15) is 0 Å². The van der Waals surface area contributed by atoms with Gasteiger partial charge in [-0.15, -0.1) is 0 Å². The number of aliphatic imine (C=N–C) groups is 1. The number of benzene rings is 1. The third-order valence-electron chi connectivity index (χ3n) is 2.35. The molecular formula is C11H10Br2N4OS. The summed E-state index contributed by atoms with van der Waals surface area (Å²) in [5.74, 6) is 1.04. The second-order valence-corrected chi connectivity index (χ2v) is 6.41. The Balaban J connectivity index is 2.47. The van der Waals surface area contributed by atoms with E-state index in [0.29, 0.717) is 27.6 Å². The molecule has 0 atom stereocenters. The molecule has 1 aromatic heterocycles. The zero-order valence-electron chi connectivity index (χ0n) is 9.91. The highest BCUT2D eigenvalue weighted by atomic mass is 79.9. The first-order valence-corrected chi connectivity index (χ1v) is 7.81. The summed E-state index contributed by atoms with van der Waals surface area (Å²) in [5.41, 5.74) is 6.06. The van der Waals surface area contributed by atoms with Crippen LogP contribution in [0.3, 0.4) is 0 Å². The second kappa shape index (κ2) is 6.06. The molecule has 0 saturated heterocycles. The molecule has 5 nitrogen and oxygen atoms in total. The van der Waals surface area contributed by atoms with E-state index in [1.807, 2.05) is 6.07 Å². The first-order chi connectivity index (χ1) is 9.01. The Labute approximate surface area is 130 Å². The Morgan fingerprint density at radius 2 is 2.26 bits per heavy atom. The van der Waals surface area contributed by atoms with Crippen LogP contribution in [-0.4, -0.2) is 22.2 Å². The number of rotatable bonds is 2. The smallest absolute Gasteiger partial charge is 0.258 e. The van der Waals surface area contributed by atoms with Crippen LogP contribution in [0.4, 0.5) is 0 Å². The van der Waals surface area contributed by atoms with Crippen molar-refractivity contribution in [2.75, 3.05) is 7.05 Å². The molecule has 0 aliphatic heterocycles. The summed E-state index contributed by atoms with van der Waals surface area (Å²) in [7, 11) is 1.62. The van der Waals surface area contributed by atoms with Crippen LogP contribution < -0.4 is 11.3 Å². The molecular weight excluding hydrogens is 396 g/mol. The molecule has 19 heavy (non-hydrogen) atoms. The van der Waals surface area contributed by atoms with Crippen LogP contribution in [0.15, 0.2) is 30.9 Å². The highest BCUT2D eigenvalue weighted by molar-refractivity contribution is 9.11. The van der Waals surface area contributed by atoms with E-state index in [1.165, 1.54) is 11.8 Å². The number of halogens is 2. The molecule has 0 bridgehead atoms. The van der Waals surface area contributed by atoms with E-state index >= 15 is 0 Å². The van der Waals surface area contributed by atoms with Gasteiger partial charge in [-0.3, -0.25) is 9.79 Å². The van der Waals surface area contributed by atoms with E-state index in [-0.39, 0.29) is 5.56 Å². The first kappa shape index (κ1) is 14.5. The molecule has 0 fully saturated rings. The molecule has 0 radical (unpaired) electrons. The molecule has 0 spiro atoms. The van der Waals surface area contributed by atoms with Crippen molar-refractivity contribution >= 4 is 59.7 Å². The van der Waals surface area contributed by atoms with Crippen LogP contribution in [0.1, 0.15) is 5.82 Å². The van der Waals surface area contributed by atoms with E-state index < -0.39 is 0 Å². The number of hydrogen-bond donors (Lipinski definition) is 2. The molecule has 100 valence electrons. The standard InChI is InChI=1S/C11H10Br2N4OS/c1-15-11(14)19-4-8-16-9-6(10(18)17-8)2-5(12)3-7(9)13/h2-3H,4H2,1H3,(H2,14,15)(H,16,17,18). The lowest BCUT2D eigenvalue weighted by Crippen LogP contribution is -2.13. The number of nitrogens with zero attached hydrogens (tertiary/aromatic N) is 2. The van der Waals surface area contributed by atoms with Gasteiger partial charge in [0, 0.05) is 16.0 Å². The quantitative estimate of drug-likeness (QED) is 0.594. The van der Waals surface area contributed by atoms with Gasteiger partial charge in [-0.25, -0.2) is 4.98 Å². The summed E-state index contributed by atoms with van der Waals surface area (Å²) in [6, 6.07) is 3.60. The topological polar surface area (TPSA) is 84.1 Å². The maximum absolute atomic E-state index is 12.0. The van der Waals surface area contributed by atoms with Gasteiger partial charge >= 0.3 is 0 Å². The molecule has 3 N–H and O–H groups in total. The molecule has 0 aliphatic carbocycles. The minimum atomic E-state index is -0.172. The Morgan fingerprint density at radius 1 is 1.53 bits per heavy atom. The maximum Gasteiger partial charge on any atom is 0.258 e. The van der Waals surface area contributed by atoms with Crippen molar-refractivity contribution in [2.45, 2.75) is 5.75 Å². The van der Waals surface area contributed by atoms with Crippen LogP contribution in [-0.2, 0) is 5.75 Å². The van der Waals surface area contributed by atoms with Crippen LogP contribution in [0.5, 0.6) is 0 Å². The molecule has 0 amide bonds. The highest BCUT2D eigenvalue weighted by Gasteiger charge is 2.09. The van der Waals surface area contributed by atoms with E-state index in [1.54, 1.807) is 13.1 Å². The molecule has 0 aliphatic rings. The van der Waals surface area contributed by atoms with Gasteiger partial charge in [-0.05, 0) is 28.1 Å². The molecule has 1 aromatic carbocycles. The summed E-state index contributed by atoms with van der Waals surface area (Å²) >= 11 is 8.08. The molecule has 0 unspecified atom stereocenters. The molecule has 0 saturated carbocycles. The summed E-state index contributed by atoms with van der Waals surface area (Å²) in [4.78, 5) is 23.0. The fraction of sp³-hybridized carbons (Fsp3) is 0.182. The van der Waals surface area contributed by atoms with Crippen molar-refractivity contribution in [3.63, 3.8) is 0 Å². The van der Waals surface area contributed by atoms with Crippen LogP contribution in [0.25, 0.3) is 10.9 Å². The lowest BCUT2D eigenvalue weighted by molar-refractivity contribution is 1.04. The highest BCUT2D eigenvalue weighted by Crippen LogP contribution is 2.25. The Kier molecular flexibility index (Phi) is 4.64. The summed E-state index contributed by atoms with van der Waals surface area (Å²) in [6.45, 7) is 0. The average Bonchev–Trinajstić information content (AvgIpc) is 2.37. The largest absolute Gasteiger partial charge is 0.379 e. The van der Waals surface area contributed by atoms with Gasteiger partial charge in [-0.1, -0.05) is 27.7 Å². The monoisotopic (exact) mass is 404 g/mol. The predicted molar refractivity (Wildman–Crippen MR) is 86.6 cm³/mol. The third kappa shape index (κ3) is 3.37. The number of aromatic nitrogens is 2. The lowest BCUT2D eigenvalue weighted by atomic mass is 10.2. The zero-order valence-corrected chi connectivity index (χ0v) is 13.9. The fourth-order valence-electron chi connectivity index (χ4n) is 1.49. The van der Waals surface area contributed by atoms with E-state index in [9.17, 15) is 4.79 Å². The molecule has 2 rings (SSSR count). The predicted octanol–water partition coefficient (Wildman–Crippen LogP) is 2.63. The van der Waals surface area contributed by atoms with Gasteiger partial charge in [0.05, 0.1) is 16.7 Å². The van der Waals surface area contributed by atoms with Gasteiger partial charge in [0.2, 0.25) is 0 Å². The number of thioether (sulfide) groups is 1. The SMILES string of the molecule is CN=C(N)SCc1nc2c(Br)cc(Br)cc2c(=O)[nH]1. The number of H-pyrrole nitrogens is 1. The Bertz CT molecular complexity index is 714. The minimum absolute atomic E-state index is 0.172. The number of aromatic amines is 1. The van der Waals surface area contributed by atoms with Gasteiger partial charge < -0.3 is 10.7 Å². The molecule has 1 heterocycles. The van der Waals surface area contributed by atoms with Crippen molar-refractivity contribution < 1.29 is 0 Å².